The van der Waals surface area contributed by atoms with E-state index >= 15 is 0 Å². The number of benzene rings is 2. The van der Waals surface area contributed by atoms with Gasteiger partial charge in [0.1, 0.15) is 10.6 Å². The van der Waals surface area contributed by atoms with Gasteiger partial charge in [-0.2, -0.15) is 8.42 Å². The van der Waals surface area contributed by atoms with Crippen LogP contribution in [0.15, 0.2) is 68.4 Å². The zero-order chi connectivity index (χ0) is 26.0. The molecule has 1 amide bonds. The molecule has 2 aromatic carbocycles. The van der Waals surface area contributed by atoms with E-state index in [1.807, 2.05) is 24.3 Å². The van der Waals surface area contributed by atoms with E-state index in [-0.39, 0.29) is 42.1 Å². The molecule has 1 heterocycles. The van der Waals surface area contributed by atoms with E-state index in [1.165, 1.54) is 28.8 Å². The molecule has 0 fully saturated rings. The average molecular weight is 521 g/mol. The molecule has 0 aromatic heterocycles. The monoisotopic (exact) mass is 520 g/mol. The molecule has 3 rings (SSSR count). The van der Waals surface area contributed by atoms with Crippen molar-refractivity contribution >= 4 is 39.4 Å². The number of methoxy groups -OCH3 is 1. The zero-order valence-corrected chi connectivity index (χ0v) is 21.5. The first-order valence-electron chi connectivity index (χ1n) is 10.7. The number of nitrogens with zero attached hydrogens (tertiary/aromatic N) is 1. The minimum absolute atomic E-state index is 0.00316. The van der Waals surface area contributed by atoms with E-state index in [2.05, 4.69) is 26.1 Å². The van der Waals surface area contributed by atoms with Crippen LogP contribution in [0.4, 0.5) is 5.69 Å². The van der Waals surface area contributed by atoms with Crippen LogP contribution in [0, 0.1) is 0 Å². The number of aliphatic hydroxyl groups excluding tert-OH is 1. The number of amides is 1. The number of hydrogen-bond acceptors (Lipinski definition) is 8. The Balaban J connectivity index is 1.95. The summed E-state index contributed by atoms with van der Waals surface area (Å²) in [4.78, 5) is 27.2. The first kappa shape index (κ1) is 26.7. The fourth-order valence-electron chi connectivity index (χ4n) is 3.53. The van der Waals surface area contributed by atoms with Crippen molar-refractivity contribution in [3.05, 3.63) is 59.3 Å². The number of anilines is 1. The molecule has 9 nitrogen and oxygen atoms in total. The van der Waals surface area contributed by atoms with Crippen molar-refractivity contribution in [2.75, 3.05) is 32.1 Å². The number of β-amino-alcohol motifs (C(OH)–C–C–N with tert-alkyl or cyclic N) is 1. The van der Waals surface area contributed by atoms with Crippen LogP contribution >= 0.6 is 11.8 Å². The quantitative estimate of drug-likeness (QED) is 0.355. The molecule has 0 saturated heterocycles. The molecule has 0 spiro atoms. The Morgan fingerprint density at radius 3 is 2.31 bits per heavy atom. The first-order chi connectivity index (χ1) is 16.3. The number of carbonyl (C=O) groups is 2. The van der Waals surface area contributed by atoms with Gasteiger partial charge in [-0.25, -0.2) is 4.79 Å². The van der Waals surface area contributed by atoms with Gasteiger partial charge in [-0.05, 0) is 41.3 Å². The molecule has 1 aliphatic heterocycles. The molecular formula is C24H28N2O7S2. The maximum absolute atomic E-state index is 12.8. The lowest BCUT2D eigenvalue weighted by Gasteiger charge is -2.19. The van der Waals surface area contributed by atoms with Crippen LogP contribution in [0.25, 0.3) is 0 Å². The molecule has 0 aliphatic carbocycles. The summed E-state index contributed by atoms with van der Waals surface area (Å²) in [6.07, 6.45) is 0. The van der Waals surface area contributed by atoms with Crippen molar-refractivity contribution in [3.8, 4) is 0 Å². The molecule has 188 valence electrons. The smallest absolute Gasteiger partial charge is 0.337 e. The van der Waals surface area contributed by atoms with E-state index < -0.39 is 26.9 Å². The molecule has 3 N–H and O–H groups in total. The molecule has 0 bridgehead atoms. The Labute approximate surface area is 208 Å². The van der Waals surface area contributed by atoms with Crippen LogP contribution in [0.5, 0.6) is 0 Å². The van der Waals surface area contributed by atoms with Gasteiger partial charge in [0.2, 0.25) is 0 Å². The average Bonchev–Trinajstić information content (AvgIpc) is 3.09. The predicted octanol–water partition coefficient (Wildman–Crippen LogP) is 3.06. The maximum atomic E-state index is 12.8. The molecule has 1 aliphatic rings. The Hall–Kier alpha value is -2.86. The van der Waals surface area contributed by atoms with Gasteiger partial charge in [0.15, 0.2) is 0 Å². The van der Waals surface area contributed by atoms with Crippen LogP contribution in [0.2, 0.25) is 0 Å². The highest BCUT2D eigenvalue weighted by Gasteiger charge is 2.35. The lowest BCUT2D eigenvalue weighted by Crippen LogP contribution is -2.31. The van der Waals surface area contributed by atoms with Crippen LogP contribution < -0.4 is 5.32 Å². The van der Waals surface area contributed by atoms with E-state index in [0.717, 1.165) is 17.6 Å². The molecule has 0 unspecified atom stereocenters. The fraction of sp³-hybridized carbons (Fsp3) is 0.333. The third-order valence-electron chi connectivity index (χ3n) is 5.40. The third-order valence-corrected chi connectivity index (χ3v) is 7.29. The van der Waals surface area contributed by atoms with Crippen molar-refractivity contribution in [1.29, 1.82) is 0 Å². The second kappa shape index (κ2) is 10.4. The van der Waals surface area contributed by atoms with Crippen LogP contribution in [0.1, 0.15) is 26.3 Å². The summed E-state index contributed by atoms with van der Waals surface area (Å²) in [5.74, 6) is -1.36. The van der Waals surface area contributed by atoms with Crippen LogP contribution in [0.3, 0.4) is 0 Å². The van der Waals surface area contributed by atoms with E-state index in [0.29, 0.717) is 4.90 Å². The lowest BCUT2D eigenvalue weighted by molar-refractivity contribution is -0.136. The van der Waals surface area contributed by atoms with Gasteiger partial charge in [0, 0.05) is 16.3 Å². The van der Waals surface area contributed by atoms with Crippen molar-refractivity contribution < 1.29 is 32.4 Å². The topological polar surface area (TPSA) is 133 Å². The second-order valence-electron chi connectivity index (χ2n) is 8.93. The van der Waals surface area contributed by atoms with Gasteiger partial charge in [-0.3, -0.25) is 9.35 Å². The number of nitrogens with one attached hydrogen (secondary N) is 1. The largest absolute Gasteiger partial charge is 0.466 e. The summed E-state index contributed by atoms with van der Waals surface area (Å²) >= 11 is 1.31. The number of ether oxygens (including phenoxy) is 1. The SMILES string of the molecule is COC(=O)C1=C(Nc2ccc(Sc3ccc(C(C)(C)C)cc3)cc2S(=O)(=O)O)C(=O)N(CCO)C1. The highest BCUT2D eigenvalue weighted by molar-refractivity contribution is 7.99. The van der Waals surface area contributed by atoms with Gasteiger partial charge in [0.05, 0.1) is 31.5 Å². The highest BCUT2D eigenvalue weighted by Crippen LogP contribution is 2.35. The minimum Gasteiger partial charge on any atom is -0.466 e. The summed E-state index contributed by atoms with van der Waals surface area (Å²) in [6.45, 7) is 5.90. The van der Waals surface area contributed by atoms with E-state index in [9.17, 15) is 27.7 Å². The Morgan fingerprint density at radius 2 is 1.77 bits per heavy atom. The molecule has 0 radical (unpaired) electrons. The summed E-state index contributed by atoms with van der Waals surface area (Å²) in [5, 5.41) is 11.9. The maximum Gasteiger partial charge on any atom is 0.337 e. The standard InChI is InChI=1S/C24H28N2O7S2/c1-24(2,3)15-5-7-16(8-6-15)34-17-9-10-19(20(13-17)35(30,31)32)25-21-18(23(29)33-4)14-26(11-12-27)22(21)28/h5-10,13,25,27H,11-12,14H2,1-4H3,(H,30,31,32). The van der Waals surface area contributed by atoms with Gasteiger partial charge in [-0.1, -0.05) is 44.7 Å². The molecule has 2 aromatic rings. The van der Waals surface area contributed by atoms with E-state index in [1.54, 1.807) is 6.07 Å². The number of aliphatic hydroxyl groups is 1. The van der Waals surface area contributed by atoms with Gasteiger partial charge >= 0.3 is 5.97 Å². The Bertz CT molecular complexity index is 1260. The zero-order valence-electron chi connectivity index (χ0n) is 19.9. The number of hydrogen-bond donors (Lipinski definition) is 3. The van der Waals surface area contributed by atoms with Crippen LogP contribution in [-0.2, 0) is 29.9 Å². The highest BCUT2D eigenvalue weighted by atomic mass is 32.2. The number of esters is 1. The number of carbonyl (C=O) groups excluding carboxylic acids is 2. The van der Waals surface area contributed by atoms with E-state index in [4.69, 9.17) is 4.74 Å². The van der Waals surface area contributed by atoms with Crippen molar-refractivity contribution in [2.45, 2.75) is 40.9 Å². The minimum atomic E-state index is -4.68. The summed E-state index contributed by atoms with van der Waals surface area (Å²) in [7, 11) is -3.52. The fourth-order valence-corrected chi connectivity index (χ4v) is 5.13. The van der Waals surface area contributed by atoms with Crippen molar-refractivity contribution in [1.82, 2.24) is 4.90 Å². The Kier molecular flexibility index (Phi) is 7.95. The summed E-state index contributed by atoms with van der Waals surface area (Å²) in [5.41, 5.74) is 0.899. The van der Waals surface area contributed by atoms with Crippen molar-refractivity contribution in [3.63, 3.8) is 0 Å². The Morgan fingerprint density at radius 1 is 1.14 bits per heavy atom. The lowest BCUT2D eigenvalue weighted by atomic mass is 9.87. The second-order valence-corrected chi connectivity index (χ2v) is 11.5. The number of rotatable bonds is 8. The molecular weight excluding hydrogens is 492 g/mol. The van der Waals surface area contributed by atoms with Crippen molar-refractivity contribution in [2.24, 2.45) is 0 Å². The summed E-state index contributed by atoms with van der Waals surface area (Å²) in [6, 6.07) is 12.2. The molecule has 11 heteroatoms. The molecule has 35 heavy (non-hydrogen) atoms. The van der Waals surface area contributed by atoms with Gasteiger partial charge in [0.25, 0.3) is 16.0 Å². The summed E-state index contributed by atoms with van der Waals surface area (Å²) < 4.78 is 39.0. The first-order valence-corrected chi connectivity index (χ1v) is 13.0. The predicted molar refractivity (Wildman–Crippen MR) is 132 cm³/mol. The molecule has 0 saturated carbocycles. The van der Waals surface area contributed by atoms with Gasteiger partial charge in [-0.15, -0.1) is 0 Å². The normalized spacial score (nSPS) is 14.5. The van der Waals surface area contributed by atoms with Crippen LogP contribution in [-0.4, -0.2) is 61.7 Å². The third kappa shape index (κ3) is 6.23. The molecule has 0 atom stereocenters. The van der Waals surface area contributed by atoms with Gasteiger partial charge < -0.3 is 20.1 Å².